The Morgan fingerprint density at radius 2 is 1.73 bits per heavy atom. The highest BCUT2D eigenvalue weighted by molar-refractivity contribution is 6.08. The molecule has 3 aromatic rings. The summed E-state index contributed by atoms with van der Waals surface area (Å²) < 4.78 is 5.63. The number of amidine groups is 1. The molecule has 0 amide bonds. The largest absolute Gasteiger partial charge is 0.494 e. The van der Waals surface area contributed by atoms with Gasteiger partial charge in [0.05, 0.1) is 29.9 Å². The summed E-state index contributed by atoms with van der Waals surface area (Å²) >= 11 is 0. The maximum absolute atomic E-state index is 14.0. The Labute approximate surface area is 216 Å². The predicted molar refractivity (Wildman–Crippen MR) is 143 cm³/mol. The number of fused-ring (bicyclic) bond motifs is 4. The monoisotopic (exact) mass is 486 g/mol. The molecule has 182 valence electrons. The van der Waals surface area contributed by atoms with Crippen LogP contribution < -0.4 is 15.4 Å². The van der Waals surface area contributed by atoms with Gasteiger partial charge >= 0.3 is 0 Å². The highest BCUT2D eigenvalue weighted by Gasteiger charge is 2.45. The number of nitrogens with two attached hydrogens (primary N) is 1. The lowest BCUT2D eigenvalue weighted by atomic mass is 9.71. The summed E-state index contributed by atoms with van der Waals surface area (Å²) in [5, 5.41) is 10.4. The average Bonchev–Trinajstić information content (AvgIpc) is 2.93. The van der Waals surface area contributed by atoms with Gasteiger partial charge in [0.2, 0.25) is 0 Å². The molecule has 0 unspecified atom stereocenters. The van der Waals surface area contributed by atoms with Crippen LogP contribution in [0.3, 0.4) is 0 Å². The molecule has 6 rings (SSSR count). The van der Waals surface area contributed by atoms with Gasteiger partial charge in [0.1, 0.15) is 11.6 Å². The van der Waals surface area contributed by atoms with Crippen LogP contribution in [0.2, 0.25) is 0 Å². The average molecular weight is 487 g/mol. The normalized spacial score (nSPS) is 20.5. The predicted octanol–water partition coefficient (Wildman–Crippen LogP) is 5.54. The Bertz CT molecular complexity index is 1530. The van der Waals surface area contributed by atoms with Gasteiger partial charge in [0.15, 0.2) is 11.6 Å². The van der Waals surface area contributed by atoms with Crippen molar-refractivity contribution in [1.82, 2.24) is 0 Å². The molecule has 0 radical (unpaired) electrons. The third kappa shape index (κ3) is 3.71. The van der Waals surface area contributed by atoms with Crippen LogP contribution in [0.5, 0.6) is 5.75 Å². The number of carbonyl (C=O) groups excluding carboxylic acids is 1. The molecule has 37 heavy (non-hydrogen) atoms. The topological polar surface area (TPSA) is 91.7 Å². The second-order valence-electron chi connectivity index (χ2n) is 9.43. The van der Waals surface area contributed by atoms with E-state index in [1.54, 1.807) is 0 Å². The quantitative estimate of drug-likeness (QED) is 0.522. The van der Waals surface area contributed by atoms with E-state index in [0.717, 1.165) is 33.8 Å². The van der Waals surface area contributed by atoms with E-state index < -0.39 is 5.92 Å². The van der Waals surface area contributed by atoms with Crippen LogP contribution in [0.15, 0.2) is 107 Å². The number of nitrogens with zero attached hydrogens (tertiary/aromatic N) is 3. The van der Waals surface area contributed by atoms with E-state index in [1.165, 1.54) is 0 Å². The van der Waals surface area contributed by atoms with Crippen molar-refractivity contribution in [3.8, 4) is 11.8 Å². The standard InChI is InChI=1S/C31H26N4O2/c1-2-37-22-14-12-20(13-15-22)28-24(18-32)31-34-30(33)23-10-6-7-11-25(23)35(31)26-16-21(17-27(36)29(26)28)19-8-4-3-5-9-19/h3-15,21,28H,2,16-17H2,1H3,(H2,33,34)/t21-,28+/m0/s1. The van der Waals surface area contributed by atoms with E-state index in [9.17, 15) is 10.1 Å². The maximum Gasteiger partial charge on any atom is 0.162 e. The zero-order valence-electron chi connectivity index (χ0n) is 20.5. The fraction of sp³-hybridized carbons (Fsp3) is 0.194. The number of aliphatic imine (C=N–C) groups is 1. The molecule has 2 atom stereocenters. The second-order valence-corrected chi connectivity index (χ2v) is 9.43. The Morgan fingerprint density at radius 3 is 2.46 bits per heavy atom. The Morgan fingerprint density at radius 1 is 1.00 bits per heavy atom. The van der Waals surface area contributed by atoms with Crippen molar-refractivity contribution in [3.05, 3.63) is 118 Å². The SMILES string of the molecule is CCOc1ccc([C@@H]2C(C#N)=C3N=C(N)c4ccccc4N3C3=C2C(=O)C[C@@H](c2ccccc2)C3)cc1. The second kappa shape index (κ2) is 9.11. The first-order valence-corrected chi connectivity index (χ1v) is 12.5. The van der Waals surface area contributed by atoms with Crippen LogP contribution >= 0.6 is 0 Å². The van der Waals surface area contributed by atoms with Crippen LogP contribution in [0, 0.1) is 11.3 Å². The minimum Gasteiger partial charge on any atom is -0.494 e. The van der Waals surface area contributed by atoms with Gasteiger partial charge < -0.3 is 10.5 Å². The summed E-state index contributed by atoms with van der Waals surface area (Å²) in [6, 6.07) is 28.0. The van der Waals surface area contributed by atoms with Gasteiger partial charge in [0.25, 0.3) is 0 Å². The number of ether oxygens (including phenoxy) is 1. The Kier molecular flexibility index (Phi) is 5.61. The van der Waals surface area contributed by atoms with Gasteiger partial charge in [-0.15, -0.1) is 0 Å². The summed E-state index contributed by atoms with van der Waals surface area (Å²) in [7, 11) is 0. The molecular formula is C31H26N4O2. The fourth-order valence-corrected chi connectivity index (χ4v) is 5.73. The summed E-state index contributed by atoms with van der Waals surface area (Å²) in [5.74, 6) is 1.18. The molecule has 2 heterocycles. The van der Waals surface area contributed by atoms with E-state index in [1.807, 2.05) is 78.6 Å². The zero-order valence-corrected chi connectivity index (χ0v) is 20.5. The van der Waals surface area contributed by atoms with Gasteiger partial charge in [-0.3, -0.25) is 9.69 Å². The Hall–Kier alpha value is -4.63. The third-order valence-corrected chi connectivity index (χ3v) is 7.35. The number of ketones is 1. The molecule has 0 fully saturated rings. The number of allylic oxidation sites excluding steroid dienone is 3. The van der Waals surface area contributed by atoms with Crippen molar-refractivity contribution in [1.29, 1.82) is 5.26 Å². The molecule has 0 spiro atoms. The van der Waals surface area contributed by atoms with E-state index in [2.05, 4.69) is 18.2 Å². The fourth-order valence-electron chi connectivity index (χ4n) is 5.73. The van der Waals surface area contributed by atoms with Gasteiger partial charge in [-0.05, 0) is 54.7 Å². The number of Topliss-reactive ketones (excluding diaryl/α,β-unsaturated/α-hetero) is 1. The maximum atomic E-state index is 14.0. The smallest absolute Gasteiger partial charge is 0.162 e. The first kappa shape index (κ1) is 22.8. The van der Waals surface area contributed by atoms with E-state index in [-0.39, 0.29) is 11.7 Å². The van der Waals surface area contributed by atoms with E-state index >= 15 is 0 Å². The molecule has 6 heteroatoms. The zero-order chi connectivity index (χ0) is 25.5. The molecule has 6 nitrogen and oxygen atoms in total. The number of hydrogen-bond donors (Lipinski definition) is 1. The molecule has 0 aromatic heterocycles. The number of anilines is 1. The molecule has 3 aliphatic rings. The number of benzene rings is 3. The van der Waals surface area contributed by atoms with Crippen molar-refractivity contribution in [2.24, 2.45) is 10.7 Å². The number of para-hydroxylation sites is 1. The molecule has 0 saturated heterocycles. The third-order valence-electron chi connectivity index (χ3n) is 7.35. The lowest BCUT2D eigenvalue weighted by Crippen LogP contribution is -2.40. The molecular weight excluding hydrogens is 460 g/mol. The van der Waals surface area contributed by atoms with Gasteiger partial charge in [-0.1, -0.05) is 54.6 Å². The lowest BCUT2D eigenvalue weighted by molar-refractivity contribution is -0.116. The molecule has 0 bridgehead atoms. The molecule has 2 N–H and O–H groups in total. The summed E-state index contributed by atoms with van der Waals surface area (Å²) in [6.45, 7) is 2.50. The van der Waals surface area contributed by atoms with Crippen LogP contribution in [-0.4, -0.2) is 18.2 Å². The summed E-state index contributed by atoms with van der Waals surface area (Å²) in [6.07, 6.45) is 1.05. The molecule has 3 aromatic carbocycles. The van der Waals surface area contributed by atoms with E-state index in [0.29, 0.717) is 42.3 Å². The number of rotatable bonds is 4. The first-order valence-electron chi connectivity index (χ1n) is 12.5. The van der Waals surface area contributed by atoms with Crippen LogP contribution in [-0.2, 0) is 4.79 Å². The molecule has 0 saturated carbocycles. The Balaban J connectivity index is 1.58. The highest BCUT2D eigenvalue weighted by atomic mass is 16.5. The van der Waals surface area contributed by atoms with Crippen LogP contribution in [0.4, 0.5) is 5.69 Å². The number of carbonyl (C=O) groups is 1. The summed E-state index contributed by atoms with van der Waals surface area (Å²) in [4.78, 5) is 20.7. The minimum atomic E-state index is -0.520. The van der Waals surface area contributed by atoms with Crippen molar-refractivity contribution < 1.29 is 9.53 Å². The van der Waals surface area contributed by atoms with E-state index in [4.69, 9.17) is 15.5 Å². The van der Waals surface area contributed by atoms with Crippen LogP contribution in [0.25, 0.3) is 0 Å². The summed E-state index contributed by atoms with van der Waals surface area (Å²) in [5.41, 5.74) is 12.0. The van der Waals surface area contributed by atoms with Crippen molar-refractivity contribution in [3.63, 3.8) is 0 Å². The first-order chi connectivity index (χ1) is 18.1. The van der Waals surface area contributed by atoms with Crippen molar-refractivity contribution in [2.75, 3.05) is 11.5 Å². The van der Waals surface area contributed by atoms with Gasteiger partial charge in [0, 0.05) is 23.3 Å². The number of hydrogen-bond acceptors (Lipinski definition) is 6. The van der Waals surface area contributed by atoms with Gasteiger partial charge in [-0.25, -0.2) is 4.99 Å². The van der Waals surface area contributed by atoms with Crippen molar-refractivity contribution in [2.45, 2.75) is 31.6 Å². The van der Waals surface area contributed by atoms with Crippen molar-refractivity contribution >= 4 is 17.3 Å². The number of nitriles is 1. The minimum absolute atomic E-state index is 0.0359. The molecule has 2 aliphatic heterocycles. The highest BCUT2D eigenvalue weighted by Crippen LogP contribution is 2.51. The van der Waals surface area contributed by atoms with Gasteiger partial charge in [-0.2, -0.15) is 5.26 Å². The lowest BCUT2D eigenvalue weighted by Gasteiger charge is -2.43. The van der Waals surface area contributed by atoms with Crippen LogP contribution in [0.1, 0.15) is 48.3 Å². The molecule has 1 aliphatic carbocycles.